The smallest absolute Gasteiger partial charge is 0.231 e. The molecule has 0 unspecified atom stereocenters. The first-order valence-corrected chi connectivity index (χ1v) is 9.23. The lowest BCUT2D eigenvalue weighted by Crippen LogP contribution is -2.66. The van der Waals surface area contributed by atoms with Crippen molar-refractivity contribution in [3.8, 4) is 0 Å². The zero-order chi connectivity index (χ0) is 19.1. The summed E-state index contributed by atoms with van der Waals surface area (Å²) in [5.74, 6) is 0.131. The van der Waals surface area contributed by atoms with Crippen molar-refractivity contribution >= 4 is 22.9 Å². The van der Waals surface area contributed by atoms with Gasteiger partial charge in [-0.05, 0) is 44.6 Å². The molecule has 1 spiro atoms. The third kappa shape index (κ3) is 2.24. The molecule has 1 aliphatic heterocycles. The van der Waals surface area contributed by atoms with Gasteiger partial charge in [0.2, 0.25) is 11.9 Å². The van der Waals surface area contributed by atoms with Gasteiger partial charge in [-0.15, -0.1) is 0 Å². The fourth-order valence-corrected chi connectivity index (χ4v) is 4.19. The van der Waals surface area contributed by atoms with Crippen LogP contribution in [0.4, 0.5) is 10.3 Å². The number of benzene rings is 1. The molecule has 2 aromatic rings. The summed E-state index contributed by atoms with van der Waals surface area (Å²) in [6, 6.07) is 3.31. The van der Waals surface area contributed by atoms with Crippen molar-refractivity contribution in [2.75, 3.05) is 4.90 Å². The van der Waals surface area contributed by atoms with E-state index in [2.05, 4.69) is 4.98 Å². The molecule has 5 nitrogen and oxygen atoms in total. The van der Waals surface area contributed by atoms with Gasteiger partial charge in [0.05, 0.1) is 11.1 Å². The van der Waals surface area contributed by atoms with E-state index in [1.807, 2.05) is 25.3 Å². The van der Waals surface area contributed by atoms with Gasteiger partial charge in [0.15, 0.2) is 5.82 Å². The second-order valence-electron chi connectivity index (χ2n) is 9.40. The van der Waals surface area contributed by atoms with Crippen LogP contribution >= 0.6 is 0 Å². The molecule has 1 saturated carbocycles. The number of rotatable bonds is 2. The number of fused-ring (bicyclic) bond motifs is 4. The molecule has 1 aliphatic carbocycles. The fraction of sp³-hybridized carbons (Fsp3) is 0.600. The van der Waals surface area contributed by atoms with Crippen molar-refractivity contribution in [2.45, 2.75) is 71.6 Å². The molecular formula is C20H26FN3O2. The number of aliphatic hydroxyl groups is 1. The lowest BCUT2D eigenvalue weighted by atomic mass is 9.79. The molecule has 1 aromatic heterocycles. The van der Waals surface area contributed by atoms with Gasteiger partial charge in [-0.1, -0.05) is 26.8 Å². The normalized spacial score (nSPS) is 18.7. The summed E-state index contributed by atoms with van der Waals surface area (Å²) < 4.78 is 17.1. The largest absolute Gasteiger partial charge is 0.386 e. The summed E-state index contributed by atoms with van der Waals surface area (Å²) in [6.45, 7) is 9.26. The van der Waals surface area contributed by atoms with Crippen molar-refractivity contribution in [3.63, 3.8) is 0 Å². The summed E-state index contributed by atoms with van der Waals surface area (Å²) >= 11 is 0. The predicted molar refractivity (Wildman–Crippen MR) is 98.3 cm³/mol. The zero-order valence-corrected chi connectivity index (χ0v) is 16.1. The van der Waals surface area contributed by atoms with Crippen LogP contribution < -0.4 is 4.90 Å². The van der Waals surface area contributed by atoms with Crippen LogP contribution in [0.15, 0.2) is 12.1 Å². The number of imidazole rings is 1. The van der Waals surface area contributed by atoms with Crippen molar-refractivity contribution in [3.05, 3.63) is 23.5 Å². The predicted octanol–water partition coefficient (Wildman–Crippen LogP) is 4.02. The fourth-order valence-electron chi connectivity index (χ4n) is 4.19. The minimum atomic E-state index is -1.28. The topological polar surface area (TPSA) is 58.4 Å². The highest BCUT2D eigenvalue weighted by atomic mass is 19.1. The average Bonchev–Trinajstić information content (AvgIpc) is 2.70. The quantitative estimate of drug-likeness (QED) is 0.881. The molecule has 0 radical (unpaired) electrons. The molecule has 26 heavy (non-hydrogen) atoms. The van der Waals surface area contributed by atoms with Crippen LogP contribution in [-0.4, -0.2) is 20.6 Å². The standard InChI is InChI=1S/C20H26FN3O2/c1-18(2,3)11-14(25)23-17-22-13-8-7-12(19(4,5)26)15(21)16(13)24(17)20(23)9-6-10-20/h7-8,26H,6,9-11H2,1-5H3. The van der Waals surface area contributed by atoms with E-state index in [0.29, 0.717) is 23.4 Å². The maximum atomic E-state index is 15.3. The van der Waals surface area contributed by atoms with Crippen molar-refractivity contribution in [1.82, 2.24) is 9.55 Å². The third-order valence-corrected chi connectivity index (χ3v) is 5.52. The highest BCUT2D eigenvalue weighted by Gasteiger charge is 2.58. The number of aromatic nitrogens is 2. The number of carbonyl (C=O) groups is 1. The van der Waals surface area contributed by atoms with Crippen LogP contribution in [-0.2, 0) is 16.1 Å². The van der Waals surface area contributed by atoms with E-state index in [4.69, 9.17) is 0 Å². The molecule has 4 rings (SSSR count). The Hall–Kier alpha value is -1.95. The van der Waals surface area contributed by atoms with Gasteiger partial charge >= 0.3 is 0 Å². The number of nitrogens with zero attached hydrogens (tertiary/aromatic N) is 3. The number of carbonyl (C=O) groups excluding carboxylic acids is 1. The number of halogens is 1. The van der Waals surface area contributed by atoms with E-state index >= 15 is 4.39 Å². The molecule has 140 valence electrons. The van der Waals surface area contributed by atoms with Crippen LogP contribution in [0, 0.1) is 11.2 Å². The van der Waals surface area contributed by atoms with E-state index in [9.17, 15) is 9.90 Å². The van der Waals surface area contributed by atoms with Gasteiger partial charge in [-0.2, -0.15) is 0 Å². The van der Waals surface area contributed by atoms with Crippen molar-refractivity contribution in [2.24, 2.45) is 5.41 Å². The maximum Gasteiger partial charge on any atom is 0.231 e. The van der Waals surface area contributed by atoms with Crippen LogP contribution in [0.25, 0.3) is 11.0 Å². The van der Waals surface area contributed by atoms with E-state index in [0.717, 1.165) is 19.3 Å². The minimum absolute atomic E-state index is 0.0446. The van der Waals surface area contributed by atoms with E-state index in [1.165, 1.54) is 0 Å². The Morgan fingerprint density at radius 3 is 2.42 bits per heavy atom. The number of hydrogen-bond acceptors (Lipinski definition) is 3. The minimum Gasteiger partial charge on any atom is -0.386 e. The Bertz CT molecular complexity index is 914. The van der Waals surface area contributed by atoms with Gasteiger partial charge in [0.25, 0.3) is 0 Å². The SMILES string of the molecule is CC(C)(C)CC(=O)N1c2nc3ccc(C(C)(C)O)c(F)c3n2C12CCC2. The molecule has 2 heterocycles. The van der Waals surface area contributed by atoms with Crippen LogP contribution in [0.3, 0.4) is 0 Å². The highest BCUT2D eigenvalue weighted by molar-refractivity contribution is 5.99. The van der Waals surface area contributed by atoms with Gasteiger partial charge in [-0.3, -0.25) is 14.3 Å². The van der Waals surface area contributed by atoms with Gasteiger partial charge in [-0.25, -0.2) is 9.37 Å². The first-order valence-electron chi connectivity index (χ1n) is 9.23. The van der Waals surface area contributed by atoms with Crippen LogP contribution in [0.1, 0.15) is 65.9 Å². The van der Waals surface area contributed by atoms with Gasteiger partial charge < -0.3 is 5.11 Å². The third-order valence-electron chi connectivity index (χ3n) is 5.52. The molecule has 2 aliphatic rings. The van der Waals surface area contributed by atoms with Crippen molar-refractivity contribution in [1.29, 1.82) is 0 Å². The zero-order valence-electron chi connectivity index (χ0n) is 16.1. The van der Waals surface area contributed by atoms with Gasteiger partial charge in [0.1, 0.15) is 11.2 Å². The first-order chi connectivity index (χ1) is 12.0. The first kappa shape index (κ1) is 17.5. The Balaban J connectivity index is 1.87. The molecule has 0 atom stereocenters. The summed E-state index contributed by atoms with van der Waals surface area (Å²) in [5, 5.41) is 10.3. The molecule has 6 heteroatoms. The Morgan fingerprint density at radius 2 is 1.92 bits per heavy atom. The van der Waals surface area contributed by atoms with Crippen LogP contribution in [0.5, 0.6) is 0 Å². The van der Waals surface area contributed by atoms with E-state index < -0.39 is 17.1 Å². The molecule has 0 saturated heterocycles. The van der Waals surface area contributed by atoms with E-state index in [-0.39, 0.29) is 16.9 Å². The second kappa shape index (κ2) is 5.06. The summed E-state index contributed by atoms with van der Waals surface area (Å²) in [6.07, 6.45) is 3.06. The molecule has 1 aromatic carbocycles. The Kier molecular flexibility index (Phi) is 3.40. The summed E-state index contributed by atoms with van der Waals surface area (Å²) in [4.78, 5) is 19.3. The Labute approximate surface area is 152 Å². The lowest BCUT2D eigenvalue weighted by molar-refractivity contribution is -0.125. The molecule has 1 fully saturated rings. The number of amides is 1. The second-order valence-corrected chi connectivity index (χ2v) is 9.40. The van der Waals surface area contributed by atoms with E-state index in [1.54, 1.807) is 30.9 Å². The summed E-state index contributed by atoms with van der Waals surface area (Å²) in [7, 11) is 0. The molecule has 0 bridgehead atoms. The van der Waals surface area contributed by atoms with Gasteiger partial charge in [0, 0.05) is 12.0 Å². The maximum absolute atomic E-state index is 15.3. The number of hydrogen-bond donors (Lipinski definition) is 1. The van der Waals surface area contributed by atoms with Crippen LogP contribution in [0.2, 0.25) is 0 Å². The highest BCUT2D eigenvalue weighted by Crippen LogP contribution is 2.56. The summed E-state index contributed by atoms with van der Waals surface area (Å²) in [5.41, 5.74) is -0.691. The average molecular weight is 359 g/mol. The van der Waals surface area contributed by atoms with Crippen molar-refractivity contribution < 1.29 is 14.3 Å². The molecular weight excluding hydrogens is 333 g/mol. The monoisotopic (exact) mass is 359 g/mol. The molecule has 1 amide bonds. The Morgan fingerprint density at radius 1 is 1.27 bits per heavy atom. The number of anilines is 1. The lowest BCUT2D eigenvalue weighted by Gasteiger charge is -2.58. The molecule has 1 N–H and O–H groups in total.